The smallest absolute Gasteiger partial charge is 0.226 e. The van der Waals surface area contributed by atoms with Crippen molar-refractivity contribution in [3.05, 3.63) is 41.5 Å². The lowest BCUT2D eigenvalue weighted by molar-refractivity contribution is -0.131. The van der Waals surface area contributed by atoms with Crippen molar-refractivity contribution in [2.75, 3.05) is 39.8 Å². The minimum atomic E-state index is 0.328. The highest BCUT2D eigenvalue weighted by Crippen LogP contribution is 2.23. The van der Waals surface area contributed by atoms with Crippen molar-refractivity contribution >= 4 is 5.91 Å². The van der Waals surface area contributed by atoms with Crippen molar-refractivity contribution in [2.24, 2.45) is 5.92 Å². The quantitative estimate of drug-likeness (QED) is 0.566. The summed E-state index contributed by atoms with van der Waals surface area (Å²) in [5.41, 5.74) is 2.70. The molecule has 1 unspecified atom stereocenters. The van der Waals surface area contributed by atoms with Gasteiger partial charge in [-0.3, -0.25) is 4.79 Å². The molecule has 1 aromatic carbocycles. The number of benzene rings is 1. The lowest BCUT2D eigenvalue weighted by Crippen LogP contribution is -2.43. The van der Waals surface area contributed by atoms with Crippen LogP contribution in [0.3, 0.4) is 0 Å². The first-order valence-electron chi connectivity index (χ1n) is 11.5. The highest BCUT2D eigenvalue weighted by atomic mass is 16.5. The molecule has 0 aromatic heterocycles. The van der Waals surface area contributed by atoms with E-state index in [9.17, 15) is 4.79 Å². The van der Waals surface area contributed by atoms with Crippen LogP contribution in [0.15, 0.2) is 35.9 Å². The van der Waals surface area contributed by atoms with Gasteiger partial charge < -0.3 is 14.5 Å². The van der Waals surface area contributed by atoms with Crippen LogP contribution < -0.4 is 4.74 Å². The standard InChI is InChI=1S/C25H38N2O2/c1-3-27(25(28)18-21-9-5-4-6-10-21)20-23-12-8-15-26(19-23)16-14-22-11-7-13-24(17-22)29-2/h7,9,11,13,17,23H,3-6,8,10,12,14-16,18-20H2,1-2H3. The Morgan fingerprint density at radius 2 is 2.17 bits per heavy atom. The number of carbonyl (C=O) groups is 1. The molecule has 3 rings (SSSR count). The molecule has 29 heavy (non-hydrogen) atoms. The van der Waals surface area contributed by atoms with Gasteiger partial charge in [-0.15, -0.1) is 0 Å². The van der Waals surface area contributed by atoms with E-state index < -0.39 is 0 Å². The fourth-order valence-corrected chi connectivity index (χ4v) is 4.71. The average Bonchev–Trinajstić information content (AvgIpc) is 2.77. The third kappa shape index (κ3) is 6.88. The van der Waals surface area contributed by atoms with Gasteiger partial charge in [-0.05, 0) is 82.0 Å². The Morgan fingerprint density at radius 3 is 2.93 bits per heavy atom. The second-order valence-corrected chi connectivity index (χ2v) is 8.63. The Kier molecular flexibility index (Phi) is 8.60. The molecule has 0 saturated carbocycles. The van der Waals surface area contributed by atoms with Crippen LogP contribution in [0.2, 0.25) is 0 Å². The van der Waals surface area contributed by atoms with Gasteiger partial charge in [0.2, 0.25) is 5.91 Å². The van der Waals surface area contributed by atoms with E-state index in [4.69, 9.17) is 4.74 Å². The van der Waals surface area contributed by atoms with Crippen molar-refractivity contribution in [2.45, 2.75) is 58.3 Å². The Hall–Kier alpha value is -1.81. The van der Waals surface area contributed by atoms with E-state index in [1.54, 1.807) is 7.11 Å². The fraction of sp³-hybridized carbons (Fsp3) is 0.640. The zero-order valence-electron chi connectivity index (χ0n) is 18.4. The summed E-state index contributed by atoms with van der Waals surface area (Å²) in [6.07, 6.45) is 11.3. The van der Waals surface area contributed by atoms with Gasteiger partial charge in [0.1, 0.15) is 5.75 Å². The van der Waals surface area contributed by atoms with Gasteiger partial charge in [-0.1, -0.05) is 23.8 Å². The molecule has 4 nitrogen and oxygen atoms in total. The predicted octanol–water partition coefficient (Wildman–Crippen LogP) is 4.69. The number of methoxy groups -OCH3 is 1. The first-order valence-corrected chi connectivity index (χ1v) is 11.5. The largest absolute Gasteiger partial charge is 0.497 e. The van der Waals surface area contributed by atoms with E-state index in [1.807, 2.05) is 6.07 Å². The van der Waals surface area contributed by atoms with Gasteiger partial charge in [-0.25, -0.2) is 0 Å². The molecule has 2 aliphatic rings. The number of hydrogen-bond acceptors (Lipinski definition) is 3. The molecule has 0 radical (unpaired) electrons. The van der Waals surface area contributed by atoms with E-state index in [-0.39, 0.29) is 0 Å². The number of piperidine rings is 1. The monoisotopic (exact) mass is 398 g/mol. The maximum Gasteiger partial charge on any atom is 0.226 e. The summed E-state index contributed by atoms with van der Waals surface area (Å²) in [5.74, 6) is 1.86. The second kappa shape index (κ2) is 11.4. The SMILES string of the molecule is CCN(CC1CCCN(CCc2cccc(OC)c2)C1)C(=O)CC1=CCCCC1. The van der Waals surface area contributed by atoms with E-state index in [0.29, 0.717) is 18.2 Å². The molecule has 160 valence electrons. The molecular formula is C25H38N2O2. The zero-order chi connectivity index (χ0) is 20.5. The minimum absolute atomic E-state index is 0.328. The Balaban J connectivity index is 1.47. The number of nitrogens with zero attached hydrogens (tertiary/aromatic N) is 2. The van der Waals surface area contributed by atoms with Crippen LogP contribution in [0.1, 0.15) is 57.4 Å². The van der Waals surface area contributed by atoms with Crippen LogP contribution in [0.25, 0.3) is 0 Å². The highest BCUT2D eigenvalue weighted by Gasteiger charge is 2.24. The van der Waals surface area contributed by atoms with Crippen LogP contribution in [0.4, 0.5) is 0 Å². The second-order valence-electron chi connectivity index (χ2n) is 8.63. The third-order valence-corrected chi connectivity index (χ3v) is 6.43. The van der Waals surface area contributed by atoms with Crippen LogP contribution in [-0.4, -0.2) is 55.5 Å². The molecule has 1 atom stereocenters. The molecule has 0 N–H and O–H groups in total. The van der Waals surface area contributed by atoms with Crippen LogP contribution in [0.5, 0.6) is 5.75 Å². The van der Waals surface area contributed by atoms with E-state index in [0.717, 1.165) is 51.2 Å². The first kappa shape index (κ1) is 21.9. The number of likely N-dealkylation sites (tertiary alicyclic amines) is 1. The fourth-order valence-electron chi connectivity index (χ4n) is 4.71. The van der Waals surface area contributed by atoms with Crippen LogP contribution in [-0.2, 0) is 11.2 Å². The number of rotatable bonds is 9. The molecule has 1 aromatic rings. The summed E-state index contributed by atoms with van der Waals surface area (Å²) in [4.78, 5) is 17.5. The molecule has 1 amide bonds. The number of amides is 1. The van der Waals surface area contributed by atoms with Gasteiger partial charge >= 0.3 is 0 Å². The molecule has 1 aliphatic carbocycles. The summed E-state index contributed by atoms with van der Waals surface area (Å²) < 4.78 is 5.34. The maximum absolute atomic E-state index is 12.8. The van der Waals surface area contributed by atoms with Crippen LogP contribution in [0, 0.1) is 5.92 Å². The summed E-state index contributed by atoms with van der Waals surface area (Å²) in [6.45, 7) is 7.22. The van der Waals surface area contributed by atoms with Gasteiger partial charge in [-0.2, -0.15) is 0 Å². The van der Waals surface area contributed by atoms with Gasteiger partial charge in [0.25, 0.3) is 0 Å². The molecule has 4 heteroatoms. The van der Waals surface area contributed by atoms with E-state index >= 15 is 0 Å². The van der Waals surface area contributed by atoms with Gasteiger partial charge in [0.05, 0.1) is 7.11 Å². The first-order chi connectivity index (χ1) is 14.2. The van der Waals surface area contributed by atoms with Crippen LogP contribution >= 0.6 is 0 Å². The zero-order valence-corrected chi connectivity index (χ0v) is 18.4. The number of allylic oxidation sites excluding steroid dienone is 1. The highest BCUT2D eigenvalue weighted by molar-refractivity contribution is 5.78. The van der Waals surface area contributed by atoms with Crippen molar-refractivity contribution in [3.63, 3.8) is 0 Å². The Labute approximate surface area is 176 Å². The van der Waals surface area contributed by atoms with Gasteiger partial charge in [0.15, 0.2) is 0 Å². The van der Waals surface area contributed by atoms with Crippen molar-refractivity contribution in [1.82, 2.24) is 9.80 Å². The van der Waals surface area contributed by atoms with E-state index in [2.05, 4.69) is 41.0 Å². The lowest BCUT2D eigenvalue weighted by atomic mass is 9.95. The summed E-state index contributed by atoms with van der Waals surface area (Å²) in [6, 6.07) is 8.39. The summed E-state index contributed by atoms with van der Waals surface area (Å²) >= 11 is 0. The normalized spacial score (nSPS) is 20.2. The molecule has 0 bridgehead atoms. The Bertz CT molecular complexity index is 685. The number of hydrogen-bond donors (Lipinski definition) is 0. The topological polar surface area (TPSA) is 32.8 Å². The molecule has 0 spiro atoms. The third-order valence-electron chi connectivity index (χ3n) is 6.43. The molecule has 1 aliphatic heterocycles. The van der Waals surface area contributed by atoms with Crippen molar-refractivity contribution < 1.29 is 9.53 Å². The molecular weight excluding hydrogens is 360 g/mol. The lowest BCUT2D eigenvalue weighted by Gasteiger charge is -2.35. The minimum Gasteiger partial charge on any atom is -0.497 e. The number of ether oxygens (including phenoxy) is 1. The van der Waals surface area contributed by atoms with E-state index in [1.165, 1.54) is 43.4 Å². The van der Waals surface area contributed by atoms with Crippen molar-refractivity contribution in [3.8, 4) is 5.75 Å². The molecule has 1 fully saturated rings. The molecule has 1 heterocycles. The summed E-state index contributed by atoms with van der Waals surface area (Å²) in [7, 11) is 1.72. The van der Waals surface area contributed by atoms with Crippen molar-refractivity contribution in [1.29, 1.82) is 0 Å². The average molecular weight is 399 g/mol. The predicted molar refractivity (Wildman–Crippen MR) is 119 cm³/mol. The number of carbonyl (C=O) groups excluding carboxylic acids is 1. The molecule has 1 saturated heterocycles. The van der Waals surface area contributed by atoms with Gasteiger partial charge in [0, 0.05) is 32.6 Å². The summed E-state index contributed by atoms with van der Waals surface area (Å²) in [5, 5.41) is 0. The maximum atomic E-state index is 12.8. The Morgan fingerprint density at radius 1 is 1.28 bits per heavy atom.